The first-order valence-electron chi connectivity index (χ1n) is 9.95. The summed E-state index contributed by atoms with van der Waals surface area (Å²) < 4.78 is 32.9. The number of hydrogen-bond acceptors (Lipinski definition) is 9. The maximum absolute atomic E-state index is 12.7. The minimum Gasteiger partial charge on any atom is -0.497 e. The number of sulfonamides is 1. The number of aromatic nitrogens is 2. The van der Waals surface area contributed by atoms with Crippen LogP contribution in [0.3, 0.4) is 0 Å². The van der Waals surface area contributed by atoms with Crippen LogP contribution in [0.5, 0.6) is 5.75 Å². The predicted octanol–water partition coefficient (Wildman–Crippen LogP) is 4.62. The van der Waals surface area contributed by atoms with Crippen LogP contribution in [0, 0.1) is 11.3 Å². The predicted molar refractivity (Wildman–Crippen MR) is 136 cm³/mol. The highest BCUT2D eigenvalue weighted by Gasteiger charge is 2.16. The molecule has 0 unspecified atom stereocenters. The number of anilines is 2. The molecule has 4 aromatic rings. The molecule has 0 aliphatic heterocycles. The zero-order valence-electron chi connectivity index (χ0n) is 18.1. The van der Waals surface area contributed by atoms with Crippen molar-refractivity contribution in [3.8, 4) is 21.7 Å². The Labute approximate surface area is 209 Å². The van der Waals surface area contributed by atoms with E-state index in [1.165, 1.54) is 54.1 Å². The van der Waals surface area contributed by atoms with Crippen molar-refractivity contribution in [1.82, 2.24) is 10.2 Å². The quantitative estimate of drug-likeness (QED) is 0.254. The van der Waals surface area contributed by atoms with Crippen LogP contribution in [-0.2, 0) is 14.8 Å². The molecule has 4 rings (SSSR count). The Hall–Kier alpha value is -4.05. The minimum absolute atomic E-state index is 0.0651. The molecule has 2 aromatic carbocycles. The highest BCUT2D eigenvalue weighted by atomic mass is 32.2. The molecule has 0 atom stereocenters. The summed E-state index contributed by atoms with van der Waals surface area (Å²) in [6.07, 6.45) is 1.36. The maximum atomic E-state index is 12.7. The van der Waals surface area contributed by atoms with Gasteiger partial charge >= 0.3 is 0 Å². The van der Waals surface area contributed by atoms with E-state index in [-0.39, 0.29) is 21.3 Å². The lowest BCUT2D eigenvalue weighted by molar-refractivity contribution is -0.112. The summed E-state index contributed by atoms with van der Waals surface area (Å²) in [7, 11) is -2.35. The van der Waals surface area contributed by atoms with Crippen LogP contribution in [0.2, 0.25) is 0 Å². The highest BCUT2D eigenvalue weighted by Crippen LogP contribution is 2.30. The zero-order valence-corrected chi connectivity index (χ0v) is 20.6. The number of amides is 1. The van der Waals surface area contributed by atoms with Gasteiger partial charge in [0.25, 0.3) is 15.9 Å². The molecule has 2 aromatic heterocycles. The van der Waals surface area contributed by atoms with Crippen LogP contribution >= 0.6 is 22.7 Å². The van der Waals surface area contributed by atoms with Gasteiger partial charge in [-0.05, 0) is 59.5 Å². The summed E-state index contributed by atoms with van der Waals surface area (Å²) in [6, 6.07) is 18.0. The molecule has 12 heteroatoms. The van der Waals surface area contributed by atoms with E-state index in [0.29, 0.717) is 16.3 Å². The van der Waals surface area contributed by atoms with Gasteiger partial charge in [0.2, 0.25) is 5.13 Å². The Bertz CT molecular complexity index is 1520. The first-order valence-corrected chi connectivity index (χ1v) is 13.1. The van der Waals surface area contributed by atoms with Crippen molar-refractivity contribution in [2.24, 2.45) is 0 Å². The number of carbonyl (C=O) groups is 1. The van der Waals surface area contributed by atoms with Gasteiger partial charge in [-0.1, -0.05) is 29.5 Å². The molecule has 0 bridgehead atoms. The number of ether oxygens (including phenoxy) is 1. The van der Waals surface area contributed by atoms with E-state index in [1.54, 1.807) is 30.3 Å². The molecule has 0 radical (unpaired) electrons. The fourth-order valence-corrected chi connectivity index (χ4v) is 5.49. The summed E-state index contributed by atoms with van der Waals surface area (Å²) in [4.78, 5) is 13.6. The number of nitriles is 1. The fourth-order valence-electron chi connectivity index (χ4n) is 2.91. The maximum Gasteiger partial charge on any atom is 0.268 e. The zero-order chi connectivity index (χ0) is 24.8. The Kier molecular flexibility index (Phi) is 7.21. The van der Waals surface area contributed by atoms with Crippen molar-refractivity contribution < 1.29 is 17.9 Å². The third-order valence-corrected chi connectivity index (χ3v) is 7.84. The molecular weight excluding hydrogens is 506 g/mol. The van der Waals surface area contributed by atoms with Gasteiger partial charge in [0, 0.05) is 5.69 Å². The normalized spacial score (nSPS) is 11.5. The molecule has 0 fully saturated rings. The van der Waals surface area contributed by atoms with Crippen LogP contribution in [-0.4, -0.2) is 31.6 Å². The number of carbonyl (C=O) groups excluding carboxylic acids is 1. The molecule has 0 saturated heterocycles. The van der Waals surface area contributed by atoms with Crippen LogP contribution in [0.4, 0.5) is 10.8 Å². The van der Waals surface area contributed by atoms with Crippen molar-refractivity contribution in [3.05, 3.63) is 77.2 Å². The van der Waals surface area contributed by atoms with Crippen LogP contribution in [0.15, 0.2) is 76.5 Å². The Balaban J connectivity index is 1.49. The Morgan fingerprint density at radius 1 is 1.11 bits per heavy atom. The Morgan fingerprint density at radius 2 is 1.91 bits per heavy atom. The van der Waals surface area contributed by atoms with Crippen molar-refractivity contribution in [1.29, 1.82) is 5.26 Å². The molecule has 9 nitrogen and oxygen atoms in total. The number of thiophene rings is 1. The van der Waals surface area contributed by atoms with Gasteiger partial charge in [0.15, 0.2) is 5.01 Å². The van der Waals surface area contributed by atoms with Crippen molar-refractivity contribution in [2.45, 2.75) is 4.90 Å². The lowest BCUT2D eigenvalue weighted by atomic mass is 10.1. The summed E-state index contributed by atoms with van der Waals surface area (Å²) in [5.41, 5.74) is 0.563. The number of benzene rings is 2. The number of nitrogens with zero attached hydrogens (tertiary/aromatic N) is 3. The summed E-state index contributed by atoms with van der Waals surface area (Å²) in [6.45, 7) is 0. The van der Waals surface area contributed by atoms with Gasteiger partial charge in [-0.15, -0.1) is 21.5 Å². The lowest BCUT2D eigenvalue weighted by Gasteiger charge is -2.09. The molecule has 0 aliphatic carbocycles. The van der Waals surface area contributed by atoms with Gasteiger partial charge in [0.1, 0.15) is 17.4 Å². The third kappa shape index (κ3) is 5.90. The van der Waals surface area contributed by atoms with Gasteiger partial charge in [-0.2, -0.15) is 5.26 Å². The number of hydrogen-bond donors (Lipinski definition) is 2. The molecule has 0 aliphatic rings. The van der Waals surface area contributed by atoms with E-state index >= 15 is 0 Å². The summed E-state index contributed by atoms with van der Waals surface area (Å²) >= 11 is 2.70. The van der Waals surface area contributed by atoms with E-state index in [0.717, 1.165) is 4.88 Å². The second-order valence-corrected chi connectivity index (χ2v) is 10.5. The molecule has 2 N–H and O–H groups in total. The van der Waals surface area contributed by atoms with Gasteiger partial charge in [-0.3, -0.25) is 14.8 Å². The average Bonchev–Trinajstić information content (AvgIpc) is 3.55. The number of methoxy groups -OCH3 is 1. The smallest absolute Gasteiger partial charge is 0.268 e. The van der Waals surface area contributed by atoms with Crippen molar-refractivity contribution >= 4 is 55.5 Å². The molecule has 0 saturated carbocycles. The number of nitrogens with one attached hydrogen (secondary N) is 2. The summed E-state index contributed by atoms with van der Waals surface area (Å²) in [5.74, 6) is -0.111. The average molecular weight is 524 g/mol. The van der Waals surface area contributed by atoms with Crippen LogP contribution < -0.4 is 14.8 Å². The first-order chi connectivity index (χ1) is 16.9. The number of rotatable bonds is 8. The third-order valence-electron chi connectivity index (χ3n) is 4.56. The Morgan fingerprint density at radius 3 is 2.60 bits per heavy atom. The van der Waals surface area contributed by atoms with Crippen LogP contribution in [0.1, 0.15) is 5.56 Å². The SMILES string of the molecule is COc1ccc(S(=O)(=O)Nc2cccc(/C=C(\C#N)C(=O)Nc3nnc(-c4cccs4)s3)c2)cc1. The van der Waals surface area contributed by atoms with E-state index in [9.17, 15) is 18.5 Å². The fraction of sp³-hybridized carbons (Fsp3) is 0.0435. The molecule has 176 valence electrons. The van der Waals surface area contributed by atoms with E-state index in [1.807, 2.05) is 23.6 Å². The second-order valence-electron chi connectivity index (χ2n) is 6.92. The van der Waals surface area contributed by atoms with Crippen molar-refractivity contribution in [3.63, 3.8) is 0 Å². The second kappa shape index (κ2) is 10.5. The van der Waals surface area contributed by atoms with E-state index in [4.69, 9.17) is 4.74 Å². The molecular formula is C23H17N5O4S3. The van der Waals surface area contributed by atoms with Gasteiger partial charge in [0.05, 0.1) is 16.9 Å². The van der Waals surface area contributed by atoms with E-state index < -0.39 is 15.9 Å². The van der Waals surface area contributed by atoms with Gasteiger partial charge < -0.3 is 4.74 Å². The molecule has 1 amide bonds. The highest BCUT2D eigenvalue weighted by molar-refractivity contribution is 7.92. The van der Waals surface area contributed by atoms with Crippen LogP contribution in [0.25, 0.3) is 16.0 Å². The standard InChI is InChI=1S/C23H17N5O4S3/c1-32-18-7-9-19(10-8-18)35(30,31)28-17-5-2-4-15(13-17)12-16(14-24)21(29)25-23-27-26-22(34-23)20-6-3-11-33-20/h2-13,28H,1H3,(H,25,27,29)/b16-12+. The molecule has 2 heterocycles. The first kappa shape index (κ1) is 24.1. The van der Waals surface area contributed by atoms with Gasteiger partial charge in [-0.25, -0.2) is 8.42 Å². The summed E-state index contributed by atoms with van der Waals surface area (Å²) in [5, 5.41) is 22.9. The largest absolute Gasteiger partial charge is 0.497 e. The molecule has 35 heavy (non-hydrogen) atoms. The minimum atomic E-state index is -3.85. The van der Waals surface area contributed by atoms with Crippen molar-refractivity contribution in [2.75, 3.05) is 17.1 Å². The monoisotopic (exact) mass is 523 g/mol. The lowest BCUT2D eigenvalue weighted by Crippen LogP contribution is -2.13. The molecule has 0 spiro atoms. The topological polar surface area (TPSA) is 134 Å². The van der Waals surface area contributed by atoms with E-state index in [2.05, 4.69) is 20.2 Å².